The normalized spacial score (nSPS) is 14.2. The quantitative estimate of drug-likeness (QED) is 0.296. The molecule has 1 unspecified atom stereocenters. The van der Waals surface area contributed by atoms with Crippen molar-refractivity contribution in [2.24, 2.45) is 5.73 Å². The Morgan fingerprint density at radius 2 is 1.70 bits per heavy atom. The highest BCUT2D eigenvalue weighted by molar-refractivity contribution is 6.03. The van der Waals surface area contributed by atoms with Crippen LogP contribution in [0.5, 0.6) is 11.5 Å². The summed E-state index contributed by atoms with van der Waals surface area (Å²) >= 11 is 0. The lowest BCUT2D eigenvalue weighted by molar-refractivity contribution is -0.136. The van der Waals surface area contributed by atoms with Crippen molar-refractivity contribution in [1.82, 2.24) is 14.6 Å². The maximum atomic E-state index is 14.2. The molecule has 46 heavy (non-hydrogen) atoms. The second-order valence-electron chi connectivity index (χ2n) is 11.6. The maximum absolute atomic E-state index is 14.2. The summed E-state index contributed by atoms with van der Waals surface area (Å²) in [6.07, 6.45) is 0. The third kappa shape index (κ3) is 6.45. The number of ether oxygens (including phenoxy) is 2. The Morgan fingerprint density at radius 3 is 2.33 bits per heavy atom. The average Bonchev–Trinajstić information content (AvgIpc) is 3.05. The van der Waals surface area contributed by atoms with Crippen LogP contribution in [0.1, 0.15) is 34.1 Å². The van der Waals surface area contributed by atoms with E-state index in [0.29, 0.717) is 60.0 Å². The molecule has 4 aromatic rings. The standard InChI is InChI=1S/C33H38FN7O5.H2/c1-21(40(27-15-14-24(45-4)20-28(27)46-5)32(44)36-23-12-10-22(34)11-13-23)29-37-26-9-7-6-8-25(26)30(42)41(29)39-18-16-38(17-19-39)31(43)33(2,3)35;/h6-15,20-21H,16-19,35H2,1-5H3,(H,36,44);1H. The van der Waals surface area contributed by atoms with Gasteiger partial charge in [0.2, 0.25) is 5.91 Å². The summed E-state index contributed by atoms with van der Waals surface area (Å²) in [6, 6.07) is 16.0. The van der Waals surface area contributed by atoms with Crippen LogP contribution in [0.15, 0.2) is 71.5 Å². The predicted molar refractivity (Wildman–Crippen MR) is 177 cm³/mol. The maximum Gasteiger partial charge on any atom is 0.327 e. The van der Waals surface area contributed by atoms with Gasteiger partial charge in [0.05, 0.1) is 55.5 Å². The van der Waals surface area contributed by atoms with E-state index in [9.17, 15) is 18.8 Å². The van der Waals surface area contributed by atoms with Gasteiger partial charge in [0.25, 0.3) is 5.56 Å². The first-order valence-corrected chi connectivity index (χ1v) is 14.9. The van der Waals surface area contributed by atoms with Crippen molar-refractivity contribution in [2.75, 3.05) is 55.6 Å². The summed E-state index contributed by atoms with van der Waals surface area (Å²) in [6.45, 7) is 6.43. The highest BCUT2D eigenvalue weighted by atomic mass is 19.1. The fourth-order valence-corrected chi connectivity index (χ4v) is 5.50. The molecule has 1 atom stereocenters. The third-order valence-corrected chi connectivity index (χ3v) is 7.88. The van der Waals surface area contributed by atoms with E-state index in [4.69, 9.17) is 20.2 Å². The SMILES string of the molecule is COc1ccc(N(C(=O)Nc2ccc(F)cc2)C(C)c2nc3ccccc3c(=O)n2N2CCN(C(=O)C(C)(C)N)CC2)c(OC)c1.[HH]. The van der Waals surface area contributed by atoms with Gasteiger partial charge in [-0.15, -0.1) is 0 Å². The Hall–Kier alpha value is -5.17. The summed E-state index contributed by atoms with van der Waals surface area (Å²) in [7, 11) is 3.00. The van der Waals surface area contributed by atoms with E-state index < -0.39 is 23.4 Å². The largest absolute Gasteiger partial charge is 0.497 e. The number of amides is 3. The number of nitrogens with one attached hydrogen (secondary N) is 1. The number of hydrogen-bond donors (Lipinski definition) is 2. The Kier molecular flexibility index (Phi) is 9.15. The number of methoxy groups -OCH3 is 2. The van der Waals surface area contributed by atoms with Gasteiger partial charge in [0.15, 0.2) is 5.82 Å². The smallest absolute Gasteiger partial charge is 0.327 e. The number of nitrogens with zero attached hydrogens (tertiary/aromatic N) is 5. The summed E-state index contributed by atoms with van der Waals surface area (Å²) in [5.74, 6) is 0.517. The number of aromatic nitrogens is 2. The number of carbonyl (C=O) groups is 2. The van der Waals surface area contributed by atoms with Crippen LogP contribution in [0.25, 0.3) is 10.9 Å². The second-order valence-corrected chi connectivity index (χ2v) is 11.6. The number of piperazine rings is 1. The first kappa shape index (κ1) is 32.2. The second kappa shape index (κ2) is 13.1. The fourth-order valence-electron chi connectivity index (χ4n) is 5.50. The molecule has 3 amide bonds. The number of anilines is 2. The lowest BCUT2D eigenvalue weighted by Gasteiger charge is -2.40. The van der Waals surface area contributed by atoms with Crippen LogP contribution < -0.4 is 36.0 Å². The van der Waals surface area contributed by atoms with Gasteiger partial charge in [0.1, 0.15) is 17.3 Å². The van der Waals surface area contributed by atoms with Crippen LogP contribution in [0.4, 0.5) is 20.6 Å². The molecule has 3 N–H and O–H groups in total. The van der Waals surface area contributed by atoms with Crippen molar-refractivity contribution in [3.05, 3.63) is 88.7 Å². The Balaban J connectivity index is 0.00000500. The van der Waals surface area contributed by atoms with Crippen molar-refractivity contribution >= 4 is 34.2 Å². The molecule has 5 rings (SSSR count). The van der Waals surface area contributed by atoms with Crippen molar-refractivity contribution in [2.45, 2.75) is 32.4 Å². The number of hydrogen-bond acceptors (Lipinski definition) is 8. The first-order valence-electron chi connectivity index (χ1n) is 14.9. The van der Waals surface area contributed by atoms with Crippen molar-refractivity contribution in [3.63, 3.8) is 0 Å². The number of rotatable bonds is 8. The summed E-state index contributed by atoms with van der Waals surface area (Å²) in [4.78, 5) is 49.2. The minimum absolute atomic E-state index is 0. The zero-order valence-corrected chi connectivity index (χ0v) is 26.5. The number of para-hydroxylation sites is 1. The highest BCUT2D eigenvalue weighted by Gasteiger charge is 2.34. The molecular formula is C33H40FN7O5. The molecule has 13 heteroatoms. The van der Waals surface area contributed by atoms with E-state index in [1.54, 1.807) is 68.1 Å². The molecule has 0 spiro atoms. The Morgan fingerprint density at radius 1 is 1.02 bits per heavy atom. The summed E-state index contributed by atoms with van der Waals surface area (Å²) in [5, 5.41) is 5.07. The van der Waals surface area contributed by atoms with Gasteiger partial charge in [-0.2, -0.15) is 0 Å². The average molecular weight is 634 g/mol. The van der Waals surface area contributed by atoms with Crippen molar-refractivity contribution in [1.29, 1.82) is 0 Å². The first-order chi connectivity index (χ1) is 21.9. The van der Waals surface area contributed by atoms with E-state index in [1.165, 1.54) is 48.1 Å². The van der Waals surface area contributed by atoms with E-state index in [2.05, 4.69) is 5.32 Å². The lowest BCUT2D eigenvalue weighted by Crippen LogP contribution is -2.60. The van der Waals surface area contributed by atoms with Crippen molar-refractivity contribution < 1.29 is 24.9 Å². The third-order valence-electron chi connectivity index (χ3n) is 7.88. The number of urea groups is 1. The monoisotopic (exact) mass is 633 g/mol. The minimum atomic E-state index is -1.03. The molecule has 12 nitrogen and oxygen atoms in total. The molecule has 1 aliphatic rings. The van der Waals surface area contributed by atoms with E-state index in [-0.39, 0.29) is 18.7 Å². The van der Waals surface area contributed by atoms with Gasteiger partial charge in [-0.05, 0) is 69.3 Å². The fraction of sp³-hybridized carbons (Fsp3) is 0.333. The molecule has 0 saturated carbocycles. The summed E-state index contributed by atoms with van der Waals surface area (Å²) < 4.78 is 26.2. The minimum Gasteiger partial charge on any atom is -0.497 e. The molecule has 1 aliphatic heterocycles. The molecule has 0 bridgehead atoms. The molecule has 1 saturated heterocycles. The molecule has 1 aromatic heterocycles. The molecule has 1 fully saturated rings. The predicted octanol–water partition coefficient (Wildman–Crippen LogP) is 4.12. The zero-order chi connectivity index (χ0) is 33.2. The Bertz CT molecular complexity index is 1800. The lowest BCUT2D eigenvalue weighted by atomic mass is 10.1. The number of benzene rings is 3. The highest BCUT2D eigenvalue weighted by Crippen LogP contribution is 2.37. The number of nitrogens with two attached hydrogens (primary N) is 1. The zero-order valence-electron chi connectivity index (χ0n) is 26.5. The van der Waals surface area contributed by atoms with Gasteiger partial charge in [-0.1, -0.05) is 12.1 Å². The van der Waals surface area contributed by atoms with Crippen LogP contribution in [0.2, 0.25) is 0 Å². The summed E-state index contributed by atoms with van der Waals surface area (Å²) in [5.41, 5.74) is 5.94. The van der Waals surface area contributed by atoms with E-state index in [1.807, 2.05) is 5.01 Å². The van der Waals surface area contributed by atoms with E-state index >= 15 is 0 Å². The topological polar surface area (TPSA) is 135 Å². The number of fused-ring (bicyclic) bond motifs is 1. The molecule has 0 aliphatic carbocycles. The molecule has 244 valence electrons. The number of carbonyl (C=O) groups excluding carboxylic acids is 2. The number of halogens is 1. The van der Waals surface area contributed by atoms with E-state index in [0.717, 1.165) is 0 Å². The molecule has 2 heterocycles. The van der Waals surface area contributed by atoms with Crippen LogP contribution in [-0.2, 0) is 4.79 Å². The van der Waals surface area contributed by atoms with Gasteiger partial charge >= 0.3 is 6.03 Å². The van der Waals surface area contributed by atoms with Gasteiger partial charge in [-0.25, -0.2) is 18.8 Å². The van der Waals surface area contributed by atoms with Crippen molar-refractivity contribution in [3.8, 4) is 11.5 Å². The molecular weight excluding hydrogens is 593 g/mol. The molecule has 0 radical (unpaired) electrons. The van der Waals surface area contributed by atoms with Crippen LogP contribution in [-0.4, -0.2) is 72.4 Å². The van der Waals surface area contributed by atoms with Gasteiger partial charge in [0, 0.05) is 26.3 Å². The van der Waals surface area contributed by atoms with Crippen LogP contribution >= 0.6 is 0 Å². The Labute approximate surface area is 267 Å². The van der Waals surface area contributed by atoms with Gasteiger partial charge in [-0.3, -0.25) is 14.5 Å². The van der Waals surface area contributed by atoms with Crippen LogP contribution in [0, 0.1) is 5.82 Å². The molecule has 3 aromatic carbocycles. The van der Waals surface area contributed by atoms with Crippen LogP contribution in [0.3, 0.4) is 0 Å². The van der Waals surface area contributed by atoms with Gasteiger partial charge < -0.3 is 30.4 Å².